The van der Waals surface area contributed by atoms with E-state index in [0.29, 0.717) is 19.6 Å². The first-order chi connectivity index (χ1) is 20.3. The number of benzene rings is 3. The van der Waals surface area contributed by atoms with Crippen LogP contribution in [0.5, 0.6) is 5.75 Å². The lowest BCUT2D eigenvalue weighted by atomic mass is 9.72. The Morgan fingerprint density at radius 1 is 0.881 bits per heavy atom. The summed E-state index contributed by atoms with van der Waals surface area (Å²) in [5.74, 6) is 0.502. The third-order valence-corrected chi connectivity index (χ3v) is 7.93. The molecule has 0 saturated carbocycles. The summed E-state index contributed by atoms with van der Waals surface area (Å²) in [6.07, 6.45) is 3.31. The van der Waals surface area contributed by atoms with Gasteiger partial charge in [0.1, 0.15) is 12.4 Å². The van der Waals surface area contributed by atoms with Gasteiger partial charge in [-0.1, -0.05) is 74.0 Å². The van der Waals surface area contributed by atoms with Crippen molar-refractivity contribution in [3.8, 4) is 5.75 Å². The number of nitrogens with zero attached hydrogens (tertiary/aromatic N) is 2. The molecule has 1 atom stereocenters. The van der Waals surface area contributed by atoms with E-state index in [4.69, 9.17) is 14.2 Å². The summed E-state index contributed by atoms with van der Waals surface area (Å²) < 4.78 is 17.2. The zero-order valence-corrected chi connectivity index (χ0v) is 25.5. The Labute approximate surface area is 249 Å². The molecular weight excluding hydrogens is 526 g/mol. The molecule has 0 amide bonds. The molecule has 1 unspecified atom stereocenters. The smallest absolute Gasteiger partial charge is 0.312 e. The number of aromatic amines is 1. The average molecular weight is 570 g/mol. The summed E-state index contributed by atoms with van der Waals surface area (Å²) >= 11 is 0. The second-order valence-corrected chi connectivity index (χ2v) is 11.4. The summed E-state index contributed by atoms with van der Waals surface area (Å²) in [6, 6.07) is 24.1. The maximum absolute atomic E-state index is 13.6. The summed E-state index contributed by atoms with van der Waals surface area (Å²) in [6.45, 7) is 9.43. The Kier molecular flexibility index (Phi) is 10.9. The van der Waals surface area contributed by atoms with Crippen LogP contribution in [0.2, 0.25) is 0 Å². The lowest BCUT2D eigenvalue weighted by Crippen LogP contribution is -2.34. The molecule has 1 heterocycles. The van der Waals surface area contributed by atoms with E-state index >= 15 is 0 Å². The van der Waals surface area contributed by atoms with E-state index in [-0.39, 0.29) is 18.5 Å². The molecule has 0 aliphatic heterocycles. The van der Waals surface area contributed by atoms with E-state index in [1.807, 2.05) is 68.4 Å². The van der Waals surface area contributed by atoms with Crippen LogP contribution in [0.15, 0.2) is 72.8 Å². The zero-order chi connectivity index (χ0) is 30.0. The van der Waals surface area contributed by atoms with Gasteiger partial charge in [0.25, 0.3) is 0 Å². The van der Waals surface area contributed by atoms with Crippen molar-refractivity contribution in [2.24, 2.45) is 5.41 Å². The van der Waals surface area contributed by atoms with Crippen LogP contribution in [0.4, 0.5) is 0 Å². The molecule has 0 radical (unpaired) electrons. The number of hydrogen-bond donors (Lipinski definition) is 1. The Balaban J connectivity index is 1.54. The van der Waals surface area contributed by atoms with Crippen LogP contribution in [0.3, 0.4) is 0 Å². The number of aryl methyl sites for hydroxylation is 3. The van der Waals surface area contributed by atoms with Crippen LogP contribution in [-0.2, 0) is 46.9 Å². The highest BCUT2D eigenvalue weighted by molar-refractivity contribution is 5.77. The number of aromatic nitrogens is 3. The Morgan fingerprint density at radius 3 is 2.26 bits per heavy atom. The molecule has 0 aliphatic rings. The number of ether oxygens (including phenoxy) is 3. The van der Waals surface area contributed by atoms with Crippen LogP contribution >= 0.6 is 0 Å². The van der Waals surface area contributed by atoms with Gasteiger partial charge in [0.2, 0.25) is 0 Å². The Bertz CT molecular complexity index is 1410. The number of nitrogens with one attached hydrogen (secondary N) is 1. The van der Waals surface area contributed by atoms with E-state index in [1.54, 1.807) is 7.11 Å². The standard InChI is InChI=1S/C35H43N3O4/c1-6-10-32-33(37-38-36-32)20-19-31(35(3,4)34(39)42-23-26-11-8-7-9-12-26)28-16-13-25(2)29(21-28)24-41-22-27-14-17-30(40-5)18-15-27/h7-9,11-18,21,31H,6,10,19-20,22-24H2,1-5H3,(H,36,37,38). The van der Waals surface area contributed by atoms with E-state index in [2.05, 4.69) is 47.5 Å². The van der Waals surface area contributed by atoms with Crippen LogP contribution in [0.1, 0.15) is 78.7 Å². The van der Waals surface area contributed by atoms with Crippen molar-refractivity contribution in [2.75, 3.05) is 7.11 Å². The van der Waals surface area contributed by atoms with Gasteiger partial charge in [0, 0.05) is 0 Å². The average Bonchev–Trinajstić information content (AvgIpc) is 3.45. The zero-order valence-electron chi connectivity index (χ0n) is 25.5. The molecule has 0 spiro atoms. The third-order valence-electron chi connectivity index (χ3n) is 7.93. The third kappa shape index (κ3) is 8.07. The largest absolute Gasteiger partial charge is 0.497 e. The van der Waals surface area contributed by atoms with Gasteiger partial charge in [0.05, 0.1) is 37.1 Å². The van der Waals surface area contributed by atoms with E-state index in [1.165, 1.54) is 0 Å². The fraction of sp³-hybridized carbons (Fsp3) is 0.400. The van der Waals surface area contributed by atoms with Crippen molar-refractivity contribution in [1.82, 2.24) is 15.4 Å². The van der Waals surface area contributed by atoms with Crippen LogP contribution in [0, 0.1) is 12.3 Å². The molecule has 222 valence electrons. The molecule has 4 rings (SSSR count). The normalized spacial score (nSPS) is 12.2. The first kappa shape index (κ1) is 31.0. The number of rotatable bonds is 15. The van der Waals surface area contributed by atoms with Gasteiger partial charge in [-0.3, -0.25) is 4.79 Å². The van der Waals surface area contributed by atoms with Gasteiger partial charge in [-0.05, 0) is 85.9 Å². The summed E-state index contributed by atoms with van der Waals surface area (Å²) in [5, 5.41) is 11.6. The Hall–Kier alpha value is -3.97. The minimum atomic E-state index is -0.778. The number of methoxy groups -OCH3 is 1. The quantitative estimate of drug-likeness (QED) is 0.151. The molecule has 0 bridgehead atoms. The monoisotopic (exact) mass is 569 g/mol. The highest BCUT2D eigenvalue weighted by Crippen LogP contribution is 2.41. The van der Waals surface area contributed by atoms with Crippen molar-refractivity contribution in [3.63, 3.8) is 0 Å². The van der Waals surface area contributed by atoms with Gasteiger partial charge in [0.15, 0.2) is 0 Å². The number of carbonyl (C=O) groups excluding carboxylic acids is 1. The predicted molar refractivity (Wildman–Crippen MR) is 164 cm³/mol. The SMILES string of the molecule is CCCc1n[nH]nc1CCC(c1ccc(C)c(COCc2ccc(OC)cc2)c1)C(C)(C)C(=O)OCc1ccccc1. The molecule has 3 aromatic carbocycles. The van der Waals surface area contributed by atoms with Crippen molar-refractivity contribution in [2.45, 2.75) is 79.1 Å². The van der Waals surface area contributed by atoms with Gasteiger partial charge in [-0.15, -0.1) is 0 Å². The summed E-state index contributed by atoms with van der Waals surface area (Å²) in [7, 11) is 1.66. The Morgan fingerprint density at radius 2 is 1.57 bits per heavy atom. The van der Waals surface area contributed by atoms with E-state index < -0.39 is 5.41 Å². The predicted octanol–water partition coefficient (Wildman–Crippen LogP) is 7.28. The fourth-order valence-electron chi connectivity index (χ4n) is 5.25. The fourth-order valence-corrected chi connectivity index (χ4v) is 5.25. The molecule has 1 N–H and O–H groups in total. The number of esters is 1. The van der Waals surface area contributed by atoms with Crippen molar-refractivity contribution in [3.05, 3.63) is 112 Å². The number of H-pyrrole nitrogens is 1. The van der Waals surface area contributed by atoms with Crippen molar-refractivity contribution < 1.29 is 19.0 Å². The second-order valence-electron chi connectivity index (χ2n) is 11.4. The first-order valence-electron chi connectivity index (χ1n) is 14.7. The van der Waals surface area contributed by atoms with E-state index in [0.717, 1.165) is 64.2 Å². The topological polar surface area (TPSA) is 86.3 Å². The highest BCUT2D eigenvalue weighted by Gasteiger charge is 2.39. The molecule has 0 fully saturated rings. The van der Waals surface area contributed by atoms with Crippen molar-refractivity contribution >= 4 is 5.97 Å². The molecule has 0 saturated heterocycles. The number of carbonyl (C=O) groups is 1. The molecule has 7 heteroatoms. The van der Waals surface area contributed by atoms with Gasteiger partial charge >= 0.3 is 5.97 Å². The highest BCUT2D eigenvalue weighted by atomic mass is 16.5. The molecule has 7 nitrogen and oxygen atoms in total. The van der Waals surface area contributed by atoms with Crippen LogP contribution in [-0.4, -0.2) is 28.5 Å². The molecule has 1 aromatic heterocycles. The van der Waals surface area contributed by atoms with Crippen molar-refractivity contribution in [1.29, 1.82) is 0 Å². The maximum Gasteiger partial charge on any atom is 0.312 e. The van der Waals surface area contributed by atoms with Gasteiger partial charge in [-0.2, -0.15) is 15.4 Å². The van der Waals surface area contributed by atoms with Gasteiger partial charge < -0.3 is 14.2 Å². The first-order valence-corrected chi connectivity index (χ1v) is 14.7. The second kappa shape index (κ2) is 14.8. The summed E-state index contributed by atoms with van der Waals surface area (Å²) in [4.78, 5) is 13.6. The lowest BCUT2D eigenvalue weighted by Gasteiger charge is -2.33. The number of hydrogen-bond acceptors (Lipinski definition) is 6. The summed E-state index contributed by atoms with van der Waals surface area (Å²) in [5.41, 5.74) is 6.58. The molecular formula is C35H43N3O4. The lowest BCUT2D eigenvalue weighted by molar-refractivity contribution is -0.156. The minimum Gasteiger partial charge on any atom is -0.497 e. The van der Waals surface area contributed by atoms with Gasteiger partial charge in [-0.25, -0.2) is 0 Å². The minimum absolute atomic E-state index is 0.104. The molecule has 0 aliphatic carbocycles. The van der Waals surface area contributed by atoms with Crippen LogP contribution < -0.4 is 4.74 Å². The molecule has 42 heavy (non-hydrogen) atoms. The van der Waals surface area contributed by atoms with Crippen LogP contribution in [0.25, 0.3) is 0 Å². The van der Waals surface area contributed by atoms with E-state index in [9.17, 15) is 4.79 Å². The maximum atomic E-state index is 13.6. The molecule has 4 aromatic rings.